The van der Waals surface area contributed by atoms with Crippen LogP contribution < -0.4 is 5.32 Å². The highest BCUT2D eigenvalue weighted by Gasteiger charge is 2.44. The summed E-state index contributed by atoms with van der Waals surface area (Å²) < 4.78 is 0. The molecule has 1 aliphatic carbocycles. The third-order valence-corrected chi connectivity index (χ3v) is 5.29. The molecular formula is C19H17NOS. The predicted molar refractivity (Wildman–Crippen MR) is 91.5 cm³/mol. The van der Waals surface area contributed by atoms with E-state index < -0.39 is 0 Å². The zero-order valence-corrected chi connectivity index (χ0v) is 13.0. The monoisotopic (exact) mass is 307 g/mol. The average Bonchev–Trinajstić information content (AvgIpc) is 3.15. The van der Waals surface area contributed by atoms with Crippen LogP contribution in [0.15, 0.2) is 59.3 Å². The molecule has 0 bridgehead atoms. The molecule has 0 saturated heterocycles. The van der Waals surface area contributed by atoms with Crippen LogP contribution in [0.25, 0.3) is 10.8 Å². The van der Waals surface area contributed by atoms with E-state index >= 15 is 0 Å². The second-order valence-electron chi connectivity index (χ2n) is 6.00. The van der Waals surface area contributed by atoms with Crippen molar-refractivity contribution in [1.29, 1.82) is 0 Å². The van der Waals surface area contributed by atoms with Crippen LogP contribution in [0.3, 0.4) is 0 Å². The molecule has 0 aliphatic heterocycles. The van der Waals surface area contributed by atoms with Crippen molar-refractivity contribution in [2.45, 2.75) is 18.3 Å². The molecule has 2 nitrogen and oxygen atoms in total. The average molecular weight is 307 g/mol. The molecule has 4 rings (SSSR count). The van der Waals surface area contributed by atoms with E-state index in [1.165, 1.54) is 18.4 Å². The van der Waals surface area contributed by atoms with Gasteiger partial charge in [0.2, 0.25) is 0 Å². The molecule has 0 unspecified atom stereocenters. The predicted octanol–water partition coefficient (Wildman–Crippen LogP) is 4.36. The number of fused-ring (bicyclic) bond motifs is 1. The van der Waals surface area contributed by atoms with Gasteiger partial charge in [-0.3, -0.25) is 4.79 Å². The fourth-order valence-electron chi connectivity index (χ4n) is 3.05. The van der Waals surface area contributed by atoms with Crippen molar-refractivity contribution >= 4 is 28.0 Å². The summed E-state index contributed by atoms with van der Waals surface area (Å²) in [6, 6.07) is 16.1. The normalized spacial score (nSPS) is 15.6. The van der Waals surface area contributed by atoms with Gasteiger partial charge in [-0.2, -0.15) is 11.3 Å². The number of amides is 1. The molecule has 0 spiro atoms. The van der Waals surface area contributed by atoms with Crippen molar-refractivity contribution in [3.63, 3.8) is 0 Å². The second kappa shape index (κ2) is 5.25. The summed E-state index contributed by atoms with van der Waals surface area (Å²) >= 11 is 1.73. The van der Waals surface area contributed by atoms with E-state index in [0.29, 0.717) is 0 Å². The van der Waals surface area contributed by atoms with E-state index in [9.17, 15) is 4.79 Å². The number of carbonyl (C=O) groups excluding carboxylic acids is 1. The van der Waals surface area contributed by atoms with Crippen LogP contribution in [0.4, 0.5) is 0 Å². The van der Waals surface area contributed by atoms with Crippen molar-refractivity contribution < 1.29 is 4.79 Å². The first-order valence-corrected chi connectivity index (χ1v) is 8.51. The maximum absolute atomic E-state index is 12.6. The van der Waals surface area contributed by atoms with E-state index in [-0.39, 0.29) is 11.3 Å². The highest BCUT2D eigenvalue weighted by Crippen LogP contribution is 2.48. The summed E-state index contributed by atoms with van der Waals surface area (Å²) in [5.41, 5.74) is 2.31. The van der Waals surface area contributed by atoms with Gasteiger partial charge >= 0.3 is 0 Å². The van der Waals surface area contributed by atoms with Gasteiger partial charge in [0.05, 0.1) is 0 Å². The lowest BCUT2D eigenvalue weighted by molar-refractivity contribution is 0.0951. The van der Waals surface area contributed by atoms with Gasteiger partial charge in [-0.05, 0) is 52.1 Å². The number of hydrogen-bond acceptors (Lipinski definition) is 2. The van der Waals surface area contributed by atoms with Gasteiger partial charge < -0.3 is 5.32 Å². The lowest BCUT2D eigenvalue weighted by atomic mass is 9.98. The molecule has 3 aromatic rings. The van der Waals surface area contributed by atoms with Gasteiger partial charge in [-0.1, -0.05) is 36.4 Å². The minimum atomic E-state index is 0.0262. The van der Waals surface area contributed by atoms with E-state index in [1.54, 1.807) is 11.3 Å². The van der Waals surface area contributed by atoms with Crippen LogP contribution in [-0.4, -0.2) is 12.5 Å². The molecule has 0 atom stereocenters. The number of thiophene rings is 1. The van der Waals surface area contributed by atoms with E-state index in [1.807, 2.05) is 42.5 Å². The van der Waals surface area contributed by atoms with Crippen LogP contribution in [0, 0.1) is 0 Å². The lowest BCUT2D eigenvalue weighted by Crippen LogP contribution is -2.32. The van der Waals surface area contributed by atoms with Crippen molar-refractivity contribution in [2.24, 2.45) is 0 Å². The maximum Gasteiger partial charge on any atom is 0.251 e. The zero-order valence-electron chi connectivity index (χ0n) is 12.2. The summed E-state index contributed by atoms with van der Waals surface area (Å²) in [6.07, 6.45) is 2.33. The first-order valence-electron chi connectivity index (χ1n) is 7.57. The Morgan fingerprint density at radius 2 is 1.91 bits per heavy atom. The molecular weight excluding hydrogens is 290 g/mol. The van der Waals surface area contributed by atoms with Crippen LogP contribution in [0.1, 0.15) is 28.8 Å². The quantitative estimate of drug-likeness (QED) is 0.762. The molecule has 2 aromatic carbocycles. The summed E-state index contributed by atoms with van der Waals surface area (Å²) in [5, 5.41) is 9.59. The zero-order chi connectivity index (χ0) is 15.0. The van der Waals surface area contributed by atoms with E-state index in [2.05, 4.69) is 22.1 Å². The Kier molecular flexibility index (Phi) is 3.23. The number of rotatable bonds is 4. The third kappa shape index (κ3) is 2.32. The molecule has 1 aliphatic rings. The Bertz CT molecular complexity index is 813. The lowest BCUT2D eigenvalue weighted by Gasteiger charge is -2.15. The van der Waals surface area contributed by atoms with Gasteiger partial charge in [0.15, 0.2) is 0 Å². The van der Waals surface area contributed by atoms with Crippen molar-refractivity contribution in [2.75, 3.05) is 6.54 Å². The Labute approximate surface area is 133 Å². The Balaban J connectivity index is 1.55. The highest BCUT2D eigenvalue weighted by molar-refractivity contribution is 7.08. The van der Waals surface area contributed by atoms with Gasteiger partial charge in [0.25, 0.3) is 5.91 Å². The molecule has 1 N–H and O–H groups in total. The number of carbonyl (C=O) groups is 1. The molecule has 110 valence electrons. The first kappa shape index (κ1) is 13.5. The van der Waals surface area contributed by atoms with Crippen molar-refractivity contribution in [3.8, 4) is 0 Å². The smallest absolute Gasteiger partial charge is 0.251 e. The fourth-order valence-corrected chi connectivity index (χ4v) is 3.83. The van der Waals surface area contributed by atoms with Crippen molar-refractivity contribution in [1.82, 2.24) is 5.32 Å². The maximum atomic E-state index is 12.6. The molecule has 1 heterocycles. The van der Waals surface area contributed by atoms with Gasteiger partial charge in [0, 0.05) is 17.5 Å². The molecule has 1 amide bonds. The largest absolute Gasteiger partial charge is 0.351 e. The Morgan fingerprint density at radius 3 is 2.68 bits per heavy atom. The summed E-state index contributed by atoms with van der Waals surface area (Å²) in [5.74, 6) is 0.0262. The number of benzene rings is 2. The Hall–Kier alpha value is -2.13. The molecule has 22 heavy (non-hydrogen) atoms. The van der Waals surface area contributed by atoms with E-state index in [0.717, 1.165) is 22.9 Å². The number of hydrogen-bond donors (Lipinski definition) is 1. The minimum Gasteiger partial charge on any atom is -0.351 e. The number of nitrogens with one attached hydrogen (secondary N) is 1. The van der Waals surface area contributed by atoms with Crippen LogP contribution in [0.5, 0.6) is 0 Å². The fraction of sp³-hybridized carbons (Fsp3) is 0.211. The standard InChI is InChI=1S/C19H17NOS/c21-18(17-7-3-5-14-4-1-2-6-16(14)17)20-13-19(9-10-19)15-8-11-22-12-15/h1-8,11-12H,9-10,13H2,(H,20,21). The molecule has 3 heteroatoms. The summed E-state index contributed by atoms with van der Waals surface area (Å²) in [4.78, 5) is 12.6. The van der Waals surface area contributed by atoms with Crippen molar-refractivity contribution in [3.05, 3.63) is 70.4 Å². The molecule has 1 saturated carbocycles. The van der Waals surface area contributed by atoms with Crippen LogP contribution in [0.2, 0.25) is 0 Å². The highest BCUT2D eigenvalue weighted by atomic mass is 32.1. The SMILES string of the molecule is O=C(NCC1(c2ccsc2)CC1)c1cccc2ccccc12. The second-order valence-corrected chi connectivity index (χ2v) is 6.78. The molecule has 1 aromatic heterocycles. The van der Waals surface area contributed by atoms with Crippen LogP contribution >= 0.6 is 11.3 Å². The molecule has 0 radical (unpaired) electrons. The minimum absolute atomic E-state index is 0.0262. The van der Waals surface area contributed by atoms with E-state index in [4.69, 9.17) is 0 Å². The van der Waals surface area contributed by atoms with Crippen LogP contribution in [-0.2, 0) is 5.41 Å². The van der Waals surface area contributed by atoms with Gasteiger partial charge in [0.1, 0.15) is 0 Å². The Morgan fingerprint density at radius 1 is 1.09 bits per heavy atom. The summed E-state index contributed by atoms with van der Waals surface area (Å²) in [6.45, 7) is 0.728. The molecule has 1 fully saturated rings. The van der Waals surface area contributed by atoms with Gasteiger partial charge in [-0.25, -0.2) is 0 Å². The third-order valence-electron chi connectivity index (χ3n) is 4.61. The topological polar surface area (TPSA) is 29.1 Å². The first-order chi connectivity index (χ1) is 10.8. The summed E-state index contributed by atoms with van der Waals surface area (Å²) in [7, 11) is 0. The van der Waals surface area contributed by atoms with Gasteiger partial charge in [-0.15, -0.1) is 0 Å².